The zero-order valence-corrected chi connectivity index (χ0v) is 22.1. The lowest BCUT2D eigenvalue weighted by atomic mass is 9.97. The van der Waals surface area contributed by atoms with Gasteiger partial charge in [0.05, 0.1) is 6.26 Å². The lowest BCUT2D eigenvalue weighted by Crippen LogP contribution is -2.33. The molecule has 2 N–H and O–H groups in total. The van der Waals surface area contributed by atoms with Crippen molar-refractivity contribution in [3.8, 4) is 21.9 Å². The summed E-state index contributed by atoms with van der Waals surface area (Å²) in [5.74, 6) is 0.714. The summed E-state index contributed by atoms with van der Waals surface area (Å²) in [6, 6.07) is 19.1. The van der Waals surface area contributed by atoms with Crippen LogP contribution in [0, 0.1) is 0 Å². The minimum absolute atomic E-state index is 0.127. The quantitative estimate of drug-likeness (QED) is 0.281. The molecule has 0 aliphatic carbocycles. The topological polar surface area (TPSA) is 95.9 Å². The maximum absolute atomic E-state index is 13.8. The number of ketones is 1. The third-order valence-corrected chi connectivity index (χ3v) is 8.14. The van der Waals surface area contributed by atoms with Crippen LogP contribution in [0.3, 0.4) is 0 Å². The molecule has 7 nitrogen and oxygen atoms in total. The Morgan fingerprint density at radius 3 is 2.38 bits per heavy atom. The Morgan fingerprint density at radius 1 is 1.00 bits per heavy atom. The number of thiophene rings is 1. The number of piperidine rings is 1. The van der Waals surface area contributed by atoms with E-state index in [0.717, 1.165) is 45.6 Å². The number of sulfonamides is 1. The van der Waals surface area contributed by atoms with Gasteiger partial charge in [0.15, 0.2) is 5.78 Å². The highest BCUT2D eigenvalue weighted by Crippen LogP contribution is 2.41. The highest BCUT2D eigenvalue weighted by Gasteiger charge is 2.22. The molecule has 5 rings (SSSR count). The molecule has 1 aromatic heterocycles. The zero-order chi connectivity index (χ0) is 26.0. The van der Waals surface area contributed by atoms with Gasteiger partial charge in [0.25, 0.3) is 0 Å². The number of carbonyl (C=O) groups is 1. The normalized spacial score (nSPS) is 14.5. The summed E-state index contributed by atoms with van der Waals surface area (Å²) in [7, 11) is -3.39. The van der Waals surface area contributed by atoms with Gasteiger partial charge in [-0.3, -0.25) is 14.4 Å². The van der Waals surface area contributed by atoms with Crippen molar-refractivity contribution in [3.05, 3.63) is 77.9 Å². The minimum atomic E-state index is -3.39. The maximum atomic E-state index is 13.8. The van der Waals surface area contributed by atoms with Gasteiger partial charge < -0.3 is 9.84 Å². The van der Waals surface area contributed by atoms with Gasteiger partial charge >= 0.3 is 0 Å². The van der Waals surface area contributed by atoms with Gasteiger partial charge in [-0.25, -0.2) is 8.42 Å². The molecule has 1 aliphatic rings. The molecule has 1 saturated heterocycles. The van der Waals surface area contributed by atoms with E-state index in [9.17, 15) is 18.3 Å². The Balaban J connectivity index is 1.44. The number of hydrogen-bond acceptors (Lipinski definition) is 7. The van der Waals surface area contributed by atoms with E-state index in [1.165, 1.54) is 30.6 Å². The smallest absolute Gasteiger partial charge is 0.229 e. The van der Waals surface area contributed by atoms with Crippen molar-refractivity contribution >= 4 is 42.9 Å². The summed E-state index contributed by atoms with van der Waals surface area (Å²) < 4.78 is 32.3. The molecule has 0 amide bonds. The van der Waals surface area contributed by atoms with Crippen LogP contribution in [0.5, 0.6) is 11.5 Å². The minimum Gasteiger partial charge on any atom is -0.508 e. The van der Waals surface area contributed by atoms with Crippen molar-refractivity contribution in [2.75, 3.05) is 30.8 Å². The Bertz CT molecular complexity index is 1520. The first kappa shape index (κ1) is 25.3. The Labute approximate surface area is 220 Å². The van der Waals surface area contributed by atoms with Crippen LogP contribution in [0.4, 0.5) is 5.69 Å². The second-order valence-corrected chi connectivity index (χ2v) is 12.0. The highest BCUT2D eigenvalue weighted by molar-refractivity contribution is 7.92. The van der Waals surface area contributed by atoms with Crippen LogP contribution >= 0.6 is 11.3 Å². The van der Waals surface area contributed by atoms with Crippen LogP contribution < -0.4 is 9.46 Å². The number of phenols is 1. The highest BCUT2D eigenvalue weighted by atomic mass is 32.2. The van der Waals surface area contributed by atoms with Gasteiger partial charge in [0.1, 0.15) is 18.2 Å². The summed E-state index contributed by atoms with van der Waals surface area (Å²) in [6.07, 6.45) is 4.76. The number of carbonyl (C=O) groups excluding carboxylic acids is 1. The summed E-state index contributed by atoms with van der Waals surface area (Å²) in [4.78, 5) is 16.8. The Hall–Kier alpha value is -3.40. The Kier molecular flexibility index (Phi) is 7.19. The molecule has 1 fully saturated rings. The molecule has 37 heavy (non-hydrogen) atoms. The molecular formula is C28H28N2O5S2. The van der Waals surface area contributed by atoms with Crippen LogP contribution in [0.2, 0.25) is 0 Å². The maximum Gasteiger partial charge on any atom is 0.229 e. The summed E-state index contributed by atoms with van der Waals surface area (Å²) >= 11 is 1.41. The summed E-state index contributed by atoms with van der Waals surface area (Å²) in [5, 5.41) is 10.8. The number of aromatic hydroxyl groups is 1. The van der Waals surface area contributed by atoms with E-state index in [1.54, 1.807) is 54.6 Å². The standard InChI is InChI=1S/C28H28N2O5S2/c1-37(33,34)29-21-9-5-20(6-10-21)28-26(24-14-11-22(31)17-25(24)36-28)27(32)19-7-12-23(13-8-19)35-18-30-15-3-2-4-16-30/h5-14,17,29,31H,2-4,15-16,18H2,1H3. The second-order valence-electron chi connectivity index (χ2n) is 9.24. The Morgan fingerprint density at radius 2 is 1.70 bits per heavy atom. The monoisotopic (exact) mass is 536 g/mol. The van der Waals surface area contributed by atoms with E-state index < -0.39 is 10.0 Å². The molecule has 3 aromatic carbocycles. The molecular weight excluding hydrogens is 508 g/mol. The third-order valence-electron chi connectivity index (χ3n) is 6.33. The molecule has 2 heterocycles. The van der Waals surface area contributed by atoms with Gasteiger partial charge in [0.2, 0.25) is 10.0 Å². The van der Waals surface area contributed by atoms with Crippen LogP contribution in [0.25, 0.3) is 20.5 Å². The van der Waals surface area contributed by atoms with Crippen LogP contribution in [0.15, 0.2) is 66.7 Å². The number of likely N-dealkylation sites (tertiary alicyclic amines) is 1. The summed E-state index contributed by atoms with van der Waals surface area (Å²) in [6.45, 7) is 2.64. The number of nitrogens with one attached hydrogen (secondary N) is 1. The number of fused-ring (bicyclic) bond motifs is 1. The average molecular weight is 537 g/mol. The van der Waals surface area contributed by atoms with E-state index in [-0.39, 0.29) is 11.5 Å². The van der Waals surface area contributed by atoms with Gasteiger partial charge in [-0.1, -0.05) is 18.6 Å². The number of rotatable bonds is 8. The molecule has 0 atom stereocenters. The number of phenolic OH excluding ortho intramolecular Hbond substituents is 1. The third kappa shape index (κ3) is 5.95. The fraction of sp³-hybridized carbons (Fsp3) is 0.250. The SMILES string of the molecule is CS(=O)(=O)Nc1ccc(-c2sc3cc(O)ccc3c2C(=O)c2ccc(OCN3CCCCC3)cc2)cc1. The van der Waals surface area contributed by atoms with E-state index in [4.69, 9.17) is 4.74 Å². The molecule has 0 spiro atoms. The predicted octanol–water partition coefficient (Wildman–Crippen LogP) is 5.70. The molecule has 0 unspecified atom stereocenters. The van der Waals surface area contributed by atoms with Crippen molar-refractivity contribution in [2.45, 2.75) is 19.3 Å². The molecule has 192 valence electrons. The lowest BCUT2D eigenvalue weighted by Gasteiger charge is -2.26. The number of ether oxygens (including phenoxy) is 1. The van der Waals surface area contributed by atoms with E-state index in [0.29, 0.717) is 23.5 Å². The van der Waals surface area contributed by atoms with Gasteiger partial charge in [-0.05, 0) is 73.0 Å². The number of benzene rings is 3. The fourth-order valence-corrected chi connectivity index (χ4v) is 6.32. The largest absolute Gasteiger partial charge is 0.508 e. The van der Waals surface area contributed by atoms with Crippen molar-refractivity contribution in [1.29, 1.82) is 0 Å². The molecule has 4 aromatic rings. The first-order valence-corrected chi connectivity index (χ1v) is 14.8. The molecule has 1 aliphatic heterocycles. The van der Waals surface area contributed by atoms with E-state index in [2.05, 4.69) is 9.62 Å². The van der Waals surface area contributed by atoms with Crippen molar-refractivity contribution in [1.82, 2.24) is 4.90 Å². The fourth-order valence-electron chi connectivity index (χ4n) is 4.52. The molecule has 0 bridgehead atoms. The van der Waals surface area contributed by atoms with E-state index in [1.807, 2.05) is 12.1 Å². The average Bonchev–Trinajstić information content (AvgIpc) is 3.26. The van der Waals surface area contributed by atoms with Gasteiger partial charge in [-0.15, -0.1) is 11.3 Å². The van der Waals surface area contributed by atoms with Crippen LogP contribution in [-0.4, -0.2) is 50.3 Å². The number of nitrogens with zero attached hydrogens (tertiary/aromatic N) is 1. The van der Waals surface area contributed by atoms with E-state index >= 15 is 0 Å². The summed E-state index contributed by atoms with van der Waals surface area (Å²) in [5.41, 5.74) is 2.31. The second kappa shape index (κ2) is 10.5. The van der Waals surface area contributed by atoms with Gasteiger partial charge in [0, 0.05) is 44.9 Å². The molecule has 0 radical (unpaired) electrons. The first-order chi connectivity index (χ1) is 17.8. The van der Waals surface area contributed by atoms with Gasteiger partial charge in [-0.2, -0.15) is 0 Å². The first-order valence-electron chi connectivity index (χ1n) is 12.1. The zero-order valence-electron chi connectivity index (χ0n) is 20.4. The molecule has 0 saturated carbocycles. The van der Waals surface area contributed by atoms with Crippen molar-refractivity contribution < 1.29 is 23.1 Å². The molecule has 9 heteroatoms. The number of hydrogen-bond donors (Lipinski definition) is 2. The van der Waals surface area contributed by atoms with Crippen LogP contribution in [0.1, 0.15) is 35.2 Å². The lowest BCUT2D eigenvalue weighted by molar-refractivity contribution is 0.103. The number of anilines is 1. The van der Waals surface area contributed by atoms with Crippen molar-refractivity contribution in [2.24, 2.45) is 0 Å². The predicted molar refractivity (Wildman–Crippen MR) is 148 cm³/mol. The van der Waals surface area contributed by atoms with Crippen molar-refractivity contribution in [3.63, 3.8) is 0 Å². The van der Waals surface area contributed by atoms with Crippen LogP contribution in [-0.2, 0) is 10.0 Å².